The van der Waals surface area contributed by atoms with Crippen LogP contribution in [0.2, 0.25) is 0 Å². The van der Waals surface area contributed by atoms with Crippen LogP contribution >= 0.6 is 0 Å². The van der Waals surface area contributed by atoms with Gasteiger partial charge in [0.1, 0.15) is 0 Å². The predicted molar refractivity (Wildman–Crippen MR) is 53.5 cm³/mol. The second-order valence-electron chi connectivity index (χ2n) is 3.90. The zero-order valence-electron chi connectivity index (χ0n) is 8.03. The van der Waals surface area contributed by atoms with E-state index in [4.69, 9.17) is 10.4 Å². The summed E-state index contributed by atoms with van der Waals surface area (Å²) in [6.45, 7) is 0.0693. The molecule has 72 valence electrons. The van der Waals surface area contributed by atoms with Crippen LogP contribution in [0.25, 0.3) is 0 Å². The second-order valence-corrected chi connectivity index (χ2v) is 3.90. The second kappa shape index (κ2) is 3.43. The number of hydrogen-bond acceptors (Lipinski definition) is 2. The van der Waals surface area contributed by atoms with Crippen LogP contribution in [0.1, 0.15) is 30.4 Å². The van der Waals surface area contributed by atoms with E-state index in [9.17, 15) is 0 Å². The Morgan fingerprint density at radius 2 is 1.93 bits per heavy atom. The van der Waals surface area contributed by atoms with E-state index in [1.165, 1.54) is 0 Å². The minimum Gasteiger partial charge on any atom is -0.392 e. The third-order valence-corrected chi connectivity index (χ3v) is 3.11. The lowest BCUT2D eigenvalue weighted by Gasteiger charge is -2.35. The van der Waals surface area contributed by atoms with Gasteiger partial charge in [-0.1, -0.05) is 24.3 Å². The maximum Gasteiger partial charge on any atom is 0.0822 e. The molecule has 0 spiro atoms. The molecule has 1 fully saturated rings. The lowest BCUT2D eigenvalue weighted by atomic mass is 9.65. The summed E-state index contributed by atoms with van der Waals surface area (Å²) in [5.41, 5.74) is 1.78. The average molecular weight is 187 g/mol. The highest BCUT2D eigenvalue weighted by molar-refractivity contribution is 5.36. The first-order valence-corrected chi connectivity index (χ1v) is 4.92. The molecule has 0 bridgehead atoms. The highest BCUT2D eigenvalue weighted by atomic mass is 16.3. The standard InChI is InChI=1S/C12H13NO/c13-9-12(6-1-7-12)11-4-2-10(8-14)3-5-11/h2-5,14H,1,6-8H2. The zero-order chi connectivity index (χ0) is 10.0. The van der Waals surface area contributed by atoms with Crippen molar-refractivity contribution in [3.8, 4) is 6.07 Å². The molecule has 0 radical (unpaired) electrons. The third-order valence-electron chi connectivity index (χ3n) is 3.11. The van der Waals surface area contributed by atoms with Gasteiger partial charge in [0.15, 0.2) is 0 Å². The molecule has 1 aliphatic rings. The van der Waals surface area contributed by atoms with Crippen molar-refractivity contribution in [2.24, 2.45) is 0 Å². The highest BCUT2D eigenvalue weighted by Crippen LogP contribution is 2.42. The van der Waals surface area contributed by atoms with Crippen LogP contribution in [0.4, 0.5) is 0 Å². The summed E-state index contributed by atoms with van der Waals surface area (Å²) in [6, 6.07) is 10.1. The first-order chi connectivity index (χ1) is 6.80. The van der Waals surface area contributed by atoms with Gasteiger partial charge < -0.3 is 5.11 Å². The van der Waals surface area contributed by atoms with Gasteiger partial charge in [0.25, 0.3) is 0 Å². The van der Waals surface area contributed by atoms with Crippen molar-refractivity contribution in [3.05, 3.63) is 35.4 Å². The molecule has 0 aromatic heterocycles. The fourth-order valence-corrected chi connectivity index (χ4v) is 1.92. The van der Waals surface area contributed by atoms with Crippen LogP contribution in [0.5, 0.6) is 0 Å². The fraction of sp³-hybridized carbons (Fsp3) is 0.417. The first kappa shape index (κ1) is 9.23. The molecule has 1 saturated carbocycles. The Bertz CT molecular complexity index is 357. The molecular weight excluding hydrogens is 174 g/mol. The minimum absolute atomic E-state index is 0.0693. The van der Waals surface area contributed by atoms with Crippen molar-refractivity contribution in [3.63, 3.8) is 0 Å². The molecule has 0 unspecified atom stereocenters. The molecule has 0 aliphatic heterocycles. The fourth-order valence-electron chi connectivity index (χ4n) is 1.92. The third kappa shape index (κ3) is 1.30. The normalized spacial score (nSPS) is 18.3. The number of hydrogen-bond donors (Lipinski definition) is 1. The van der Waals surface area contributed by atoms with E-state index in [1.54, 1.807) is 0 Å². The quantitative estimate of drug-likeness (QED) is 0.770. The lowest BCUT2D eigenvalue weighted by molar-refractivity contribution is 0.281. The Hall–Kier alpha value is -1.33. The van der Waals surface area contributed by atoms with Gasteiger partial charge in [-0.05, 0) is 30.4 Å². The van der Waals surface area contributed by atoms with Crippen LogP contribution < -0.4 is 0 Å². The van der Waals surface area contributed by atoms with Crippen LogP contribution in [-0.2, 0) is 12.0 Å². The van der Waals surface area contributed by atoms with Gasteiger partial charge in [0, 0.05) is 0 Å². The van der Waals surface area contributed by atoms with Gasteiger partial charge in [-0.2, -0.15) is 5.26 Å². The summed E-state index contributed by atoms with van der Waals surface area (Å²) < 4.78 is 0. The molecule has 2 heteroatoms. The van der Waals surface area contributed by atoms with Gasteiger partial charge in [-0.15, -0.1) is 0 Å². The zero-order valence-corrected chi connectivity index (χ0v) is 8.03. The molecule has 1 aromatic carbocycles. The van der Waals surface area contributed by atoms with Crippen molar-refractivity contribution in [2.45, 2.75) is 31.3 Å². The summed E-state index contributed by atoms with van der Waals surface area (Å²) in [7, 11) is 0. The van der Waals surface area contributed by atoms with Crippen molar-refractivity contribution in [1.29, 1.82) is 5.26 Å². The maximum atomic E-state index is 9.12. The summed E-state index contributed by atoms with van der Waals surface area (Å²) in [5, 5.41) is 18.0. The van der Waals surface area contributed by atoms with E-state index in [0.717, 1.165) is 30.4 Å². The molecule has 2 rings (SSSR count). The Balaban J connectivity index is 2.29. The topological polar surface area (TPSA) is 44.0 Å². The molecule has 0 heterocycles. The summed E-state index contributed by atoms with van der Waals surface area (Å²) in [4.78, 5) is 0. The predicted octanol–water partition coefficient (Wildman–Crippen LogP) is 2.12. The Kier molecular flexibility index (Phi) is 2.26. The maximum absolute atomic E-state index is 9.12. The average Bonchev–Trinajstić information content (AvgIpc) is 2.18. The van der Waals surface area contributed by atoms with Gasteiger partial charge in [-0.25, -0.2) is 0 Å². The van der Waals surface area contributed by atoms with Crippen molar-refractivity contribution in [1.82, 2.24) is 0 Å². The smallest absolute Gasteiger partial charge is 0.0822 e. The molecule has 1 N–H and O–H groups in total. The Labute approximate surface area is 83.8 Å². The van der Waals surface area contributed by atoms with Crippen molar-refractivity contribution in [2.75, 3.05) is 0 Å². The summed E-state index contributed by atoms with van der Waals surface area (Å²) in [6.07, 6.45) is 3.10. The number of aliphatic hydroxyl groups excluding tert-OH is 1. The van der Waals surface area contributed by atoms with E-state index < -0.39 is 0 Å². The van der Waals surface area contributed by atoms with Crippen LogP contribution in [0.15, 0.2) is 24.3 Å². The molecule has 1 aliphatic carbocycles. The molecule has 2 nitrogen and oxygen atoms in total. The largest absolute Gasteiger partial charge is 0.392 e. The number of nitrogens with zero attached hydrogens (tertiary/aromatic N) is 1. The monoisotopic (exact) mass is 187 g/mol. The molecular formula is C12H13NO. The van der Waals surface area contributed by atoms with E-state index >= 15 is 0 Å². The van der Waals surface area contributed by atoms with Gasteiger partial charge in [0.2, 0.25) is 0 Å². The number of aliphatic hydroxyl groups is 1. The van der Waals surface area contributed by atoms with Gasteiger partial charge >= 0.3 is 0 Å². The van der Waals surface area contributed by atoms with Gasteiger partial charge in [-0.3, -0.25) is 0 Å². The van der Waals surface area contributed by atoms with Crippen LogP contribution in [0.3, 0.4) is 0 Å². The molecule has 1 aromatic rings. The molecule has 0 atom stereocenters. The Morgan fingerprint density at radius 3 is 2.29 bits per heavy atom. The Morgan fingerprint density at radius 1 is 1.29 bits per heavy atom. The number of rotatable bonds is 2. The lowest BCUT2D eigenvalue weighted by Crippen LogP contribution is -2.32. The SMILES string of the molecule is N#CC1(c2ccc(CO)cc2)CCC1. The molecule has 0 saturated heterocycles. The van der Waals surface area contributed by atoms with E-state index in [2.05, 4.69) is 6.07 Å². The minimum atomic E-state index is -0.228. The van der Waals surface area contributed by atoms with Crippen LogP contribution in [-0.4, -0.2) is 5.11 Å². The summed E-state index contributed by atoms with van der Waals surface area (Å²) in [5.74, 6) is 0. The number of nitriles is 1. The first-order valence-electron chi connectivity index (χ1n) is 4.92. The van der Waals surface area contributed by atoms with Crippen molar-refractivity contribution >= 4 is 0 Å². The molecule has 14 heavy (non-hydrogen) atoms. The van der Waals surface area contributed by atoms with Gasteiger partial charge in [0.05, 0.1) is 18.1 Å². The van der Waals surface area contributed by atoms with E-state index in [-0.39, 0.29) is 12.0 Å². The van der Waals surface area contributed by atoms with E-state index in [0.29, 0.717) is 0 Å². The van der Waals surface area contributed by atoms with Crippen LogP contribution in [0, 0.1) is 11.3 Å². The number of benzene rings is 1. The molecule has 0 amide bonds. The van der Waals surface area contributed by atoms with E-state index in [1.807, 2.05) is 24.3 Å². The van der Waals surface area contributed by atoms with Crippen molar-refractivity contribution < 1.29 is 5.11 Å². The summed E-state index contributed by atoms with van der Waals surface area (Å²) >= 11 is 0. The highest BCUT2D eigenvalue weighted by Gasteiger charge is 2.38.